The number of carbonyl (C=O) groups is 1. The van der Waals surface area contributed by atoms with Gasteiger partial charge in [-0.1, -0.05) is 20.4 Å². The molecule has 0 aliphatic carbocycles. The molecule has 0 aliphatic heterocycles. The van der Waals surface area contributed by atoms with Crippen LogP contribution in [0.3, 0.4) is 0 Å². The van der Waals surface area contributed by atoms with Crippen LogP contribution in [0.4, 0.5) is 0 Å². The standard InChI is InChI=1S/C7H13NO.Na/c1-5(2)4-6(3)7(8)9;/h5H,3-4H2,1-2H3,(H2,8,9);/q;+1/p-1. The van der Waals surface area contributed by atoms with E-state index in [1.165, 1.54) is 0 Å². The maximum Gasteiger partial charge on any atom is 1.00 e. The summed E-state index contributed by atoms with van der Waals surface area (Å²) in [6, 6.07) is 0. The van der Waals surface area contributed by atoms with Crippen molar-refractivity contribution in [2.75, 3.05) is 0 Å². The SMILES string of the molecule is C=C(CC(C)C)C([NH-])=O.[Na+]. The number of nitrogens with one attached hydrogen (secondary N) is 1. The minimum absolute atomic E-state index is 0. The van der Waals surface area contributed by atoms with E-state index in [0.717, 1.165) is 0 Å². The molecule has 10 heavy (non-hydrogen) atoms. The minimum Gasteiger partial charge on any atom is -0.664 e. The third-order valence-electron chi connectivity index (χ3n) is 0.976. The van der Waals surface area contributed by atoms with Crippen molar-refractivity contribution in [3.05, 3.63) is 17.9 Å². The Labute approximate surface area is 84.2 Å². The molecule has 1 amide bonds. The van der Waals surface area contributed by atoms with Gasteiger partial charge in [0.25, 0.3) is 0 Å². The molecule has 0 radical (unpaired) electrons. The summed E-state index contributed by atoms with van der Waals surface area (Å²) in [6.45, 7) is 7.45. The van der Waals surface area contributed by atoms with E-state index in [4.69, 9.17) is 5.73 Å². The third-order valence-corrected chi connectivity index (χ3v) is 0.976. The van der Waals surface area contributed by atoms with Crippen LogP contribution in [-0.4, -0.2) is 5.91 Å². The summed E-state index contributed by atoms with van der Waals surface area (Å²) in [5.41, 5.74) is 7.05. The first-order valence-corrected chi connectivity index (χ1v) is 2.97. The van der Waals surface area contributed by atoms with Gasteiger partial charge >= 0.3 is 29.6 Å². The van der Waals surface area contributed by atoms with Crippen LogP contribution in [0, 0.1) is 5.92 Å². The summed E-state index contributed by atoms with van der Waals surface area (Å²) in [4.78, 5) is 10.2. The molecule has 0 atom stereocenters. The Morgan fingerprint density at radius 3 is 2.10 bits per heavy atom. The Hall–Kier alpha value is 0.210. The van der Waals surface area contributed by atoms with Crippen molar-refractivity contribution in [1.29, 1.82) is 0 Å². The third kappa shape index (κ3) is 6.33. The van der Waals surface area contributed by atoms with Crippen molar-refractivity contribution >= 4 is 5.91 Å². The molecule has 0 saturated heterocycles. The van der Waals surface area contributed by atoms with Gasteiger partial charge in [-0.15, -0.1) is 0 Å². The van der Waals surface area contributed by atoms with Gasteiger partial charge in [0.2, 0.25) is 0 Å². The number of hydrogen-bond donors (Lipinski definition) is 0. The number of amides is 1. The minimum atomic E-state index is -0.635. The van der Waals surface area contributed by atoms with Gasteiger partial charge in [-0.2, -0.15) is 0 Å². The van der Waals surface area contributed by atoms with Gasteiger partial charge in [0.1, 0.15) is 0 Å². The topological polar surface area (TPSA) is 40.9 Å². The number of rotatable bonds is 3. The van der Waals surface area contributed by atoms with E-state index in [1.807, 2.05) is 13.8 Å². The fraction of sp³-hybridized carbons (Fsp3) is 0.571. The van der Waals surface area contributed by atoms with Gasteiger partial charge < -0.3 is 10.5 Å². The molecule has 0 aromatic rings. The second-order valence-electron chi connectivity index (χ2n) is 2.53. The van der Waals surface area contributed by atoms with E-state index in [1.54, 1.807) is 0 Å². The Kier molecular flexibility index (Phi) is 7.65. The number of hydrogen-bond acceptors (Lipinski definition) is 1. The van der Waals surface area contributed by atoms with E-state index < -0.39 is 5.91 Å². The van der Waals surface area contributed by atoms with E-state index in [2.05, 4.69) is 6.58 Å². The van der Waals surface area contributed by atoms with Crippen molar-refractivity contribution in [3.63, 3.8) is 0 Å². The van der Waals surface area contributed by atoms with Gasteiger partial charge in [0.05, 0.1) is 5.91 Å². The summed E-state index contributed by atoms with van der Waals surface area (Å²) in [6.07, 6.45) is 0.641. The van der Waals surface area contributed by atoms with Gasteiger partial charge in [0, 0.05) is 0 Å². The normalized spacial score (nSPS) is 8.70. The second kappa shape index (κ2) is 5.96. The predicted molar refractivity (Wildman–Crippen MR) is 37.9 cm³/mol. The summed E-state index contributed by atoms with van der Waals surface area (Å²) in [5, 5.41) is 0. The molecule has 2 nitrogen and oxygen atoms in total. The molecule has 0 heterocycles. The maximum absolute atomic E-state index is 10.2. The van der Waals surface area contributed by atoms with Crippen LogP contribution in [0.15, 0.2) is 12.2 Å². The van der Waals surface area contributed by atoms with Crippen LogP contribution in [0.5, 0.6) is 0 Å². The largest absolute Gasteiger partial charge is 1.00 e. The molecular formula is C7H12NNaO. The van der Waals surface area contributed by atoms with Crippen molar-refractivity contribution in [3.8, 4) is 0 Å². The summed E-state index contributed by atoms with van der Waals surface area (Å²) < 4.78 is 0. The first-order chi connectivity index (χ1) is 4.04. The molecule has 0 fully saturated rings. The molecule has 3 heteroatoms. The van der Waals surface area contributed by atoms with E-state index in [-0.39, 0.29) is 29.6 Å². The molecular weight excluding hydrogens is 137 g/mol. The molecule has 52 valence electrons. The molecule has 0 unspecified atom stereocenters. The molecule has 0 saturated carbocycles. The Balaban J connectivity index is 0. The van der Waals surface area contributed by atoms with Crippen LogP contribution >= 0.6 is 0 Å². The molecule has 0 bridgehead atoms. The molecule has 0 spiro atoms. The van der Waals surface area contributed by atoms with Crippen LogP contribution < -0.4 is 29.6 Å². The molecule has 0 aromatic heterocycles. The second-order valence-corrected chi connectivity index (χ2v) is 2.53. The number of carbonyl (C=O) groups excluding carboxylic acids is 1. The van der Waals surface area contributed by atoms with Gasteiger partial charge in [0.15, 0.2) is 0 Å². The summed E-state index contributed by atoms with van der Waals surface area (Å²) in [7, 11) is 0. The smallest absolute Gasteiger partial charge is 0.664 e. The fourth-order valence-electron chi connectivity index (χ4n) is 0.585. The van der Waals surface area contributed by atoms with Gasteiger partial charge in [-0.05, 0) is 17.9 Å². The average molecular weight is 149 g/mol. The van der Waals surface area contributed by atoms with E-state index >= 15 is 0 Å². The fourth-order valence-corrected chi connectivity index (χ4v) is 0.585. The van der Waals surface area contributed by atoms with Crippen molar-refractivity contribution in [1.82, 2.24) is 0 Å². The monoisotopic (exact) mass is 149 g/mol. The van der Waals surface area contributed by atoms with Crippen molar-refractivity contribution in [2.24, 2.45) is 5.92 Å². The van der Waals surface area contributed by atoms with Crippen LogP contribution in [0.25, 0.3) is 5.73 Å². The van der Waals surface area contributed by atoms with Crippen LogP contribution in [0.2, 0.25) is 0 Å². The maximum atomic E-state index is 10.2. The first kappa shape index (κ1) is 12.8. The van der Waals surface area contributed by atoms with E-state index in [0.29, 0.717) is 17.9 Å². The first-order valence-electron chi connectivity index (χ1n) is 2.97. The molecule has 1 N–H and O–H groups in total. The Bertz CT molecular complexity index is 132. The molecule has 0 aromatic carbocycles. The Morgan fingerprint density at radius 1 is 1.60 bits per heavy atom. The zero-order chi connectivity index (χ0) is 7.44. The predicted octanol–water partition coefficient (Wildman–Crippen LogP) is -0.828. The van der Waals surface area contributed by atoms with Crippen molar-refractivity contribution in [2.45, 2.75) is 20.3 Å². The molecule has 0 rings (SSSR count). The molecule has 0 aliphatic rings. The zero-order valence-corrected chi connectivity index (χ0v) is 8.90. The quantitative estimate of drug-likeness (QED) is 0.381. The van der Waals surface area contributed by atoms with E-state index in [9.17, 15) is 4.79 Å². The average Bonchev–Trinajstić information content (AvgIpc) is 1.63. The summed E-state index contributed by atoms with van der Waals surface area (Å²) in [5.74, 6) is -0.212. The van der Waals surface area contributed by atoms with Gasteiger partial charge in [-0.25, -0.2) is 0 Å². The van der Waals surface area contributed by atoms with Crippen LogP contribution in [-0.2, 0) is 4.79 Å². The van der Waals surface area contributed by atoms with Crippen molar-refractivity contribution < 1.29 is 34.4 Å². The van der Waals surface area contributed by atoms with Crippen LogP contribution in [0.1, 0.15) is 20.3 Å². The Morgan fingerprint density at radius 2 is 2.00 bits per heavy atom. The zero-order valence-electron chi connectivity index (χ0n) is 6.90. The summed E-state index contributed by atoms with van der Waals surface area (Å²) >= 11 is 0. The van der Waals surface area contributed by atoms with Gasteiger partial charge in [-0.3, -0.25) is 0 Å².